The van der Waals surface area contributed by atoms with Crippen molar-refractivity contribution < 1.29 is 13.2 Å². The first-order valence-corrected chi connectivity index (χ1v) is 4.91. The zero-order valence-corrected chi connectivity index (χ0v) is 7.65. The van der Waals surface area contributed by atoms with Gasteiger partial charge < -0.3 is 4.18 Å². The maximum absolute atomic E-state index is 10.8. The first kappa shape index (κ1) is 9.25. The third-order valence-electron chi connectivity index (χ3n) is 1.44. The SMILES string of the molecule is CCCCC1=CC(=O)NS(=O)O1. The van der Waals surface area contributed by atoms with E-state index < -0.39 is 11.3 Å². The first-order valence-electron chi connectivity index (χ1n) is 3.83. The predicted octanol–water partition coefficient (Wildman–Crippen LogP) is 0.786. The third-order valence-corrected chi connectivity index (χ3v) is 2.17. The van der Waals surface area contributed by atoms with Crippen LogP contribution in [0, 0.1) is 0 Å². The van der Waals surface area contributed by atoms with Gasteiger partial charge in [0.15, 0.2) is 0 Å². The first-order chi connectivity index (χ1) is 5.72. The van der Waals surface area contributed by atoms with Crippen LogP contribution in [-0.2, 0) is 20.2 Å². The van der Waals surface area contributed by atoms with Crippen LogP contribution in [0.5, 0.6) is 0 Å². The quantitative estimate of drug-likeness (QED) is 0.714. The Bertz CT molecular complexity index is 237. The Morgan fingerprint density at radius 2 is 2.42 bits per heavy atom. The van der Waals surface area contributed by atoms with E-state index in [9.17, 15) is 9.00 Å². The fourth-order valence-corrected chi connectivity index (χ4v) is 1.46. The molecule has 5 heteroatoms. The van der Waals surface area contributed by atoms with Crippen LogP contribution in [0.15, 0.2) is 11.8 Å². The van der Waals surface area contributed by atoms with Crippen molar-refractivity contribution in [2.24, 2.45) is 0 Å². The number of carbonyl (C=O) groups is 1. The molecule has 1 N–H and O–H groups in total. The molecule has 0 aromatic rings. The van der Waals surface area contributed by atoms with Crippen LogP contribution in [0.25, 0.3) is 0 Å². The average molecular weight is 189 g/mol. The Morgan fingerprint density at radius 1 is 1.67 bits per heavy atom. The summed E-state index contributed by atoms with van der Waals surface area (Å²) in [7, 11) is 0. The number of amides is 1. The predicted molar refractivity (Wildman–Crippen MR) is 45.0 cm³/mol. The highest BCUT2D eigenvalue weighted by atomic mass is 32.2. The fraction of sp³-hybridized carbons (Fsp3) is 0.571. The third kappa shape index (κ3) is 2.65. The van der Waals surface area contributed by atoms with Gasteiger partial charge in [0.25, 0.3) is 5.91 Å². The smallest absolute Gasteiger partial charge is 0.318 e. The van der Waals surface area contributed by atoms with Crippen LogP contribution in [-0.4, -0.2) is 10.1 Å². The Labute approximate surface area is 73.8 Å². The van der Waals surface area contributed by atoms with Crippen molar-refractivity contribution in [1.82, 2.24) is 4.72 Å². The number of allylic oxidation sites excluding steroid dienone is 1. The molecule has 0 aromatic heterocycles. The van der Waals surface area contributed by atoms with Gasteiger partial charge >= 0.3 is 11.3 Å². The summed E-state index contributed by atoms with van der Waals surface area (Å²) in [4.78, 5) is 10.8. The second kappa shape index (κ2) is 4.25. The topological polar surface area (TPSA) is 55.4 Å². The Morgan fingerprint density at radius 3 is 3.00 bits per heavy atom. The van der Waals surface area contributed by atoms with E-state index >= 15 is 0 Å². The van der Waals surface area contributed by atoms with E-state index in [1.165, 1.54) is 6.08 Å². The van der Waals surface area contributed by atoms with Gasteiger partial charge in [-0.3, -0.25) is 4.79 Å². The van der Waals surface area contributed by atoms with E-state index in [0.29, 0.717) is 12.2 Å². The Balaban J connectivity index is 2.52. The van der Waals surface area contributed by atoms with Gasteiger partial charge in [-0.05, 0) is 6.42 Å². The number of unbranched alkanes of at least 4 members (excludes halogenated alkanes) is 1. The summed E-state index contributed by atoms with van der Waals surface area (Å²) in [5.74, 6) is 0.171. The van der Waals surface area contributed by atoms with Crippen molar-refractivity contribution in [2.45, 2.75) is 26.2 Å². The number of hydrogen-bond donors (Lipinski definition) is 1. The average Bonchev–Trinajstić information content (AvgIpc) is 1.99. The minimum atomic E-state index is -1.67. The molecular weight excluding hydrogens is 178 g/mol. The minimum Gasteiger partial charge on any atom is -0.389 e. The Hall–Kier alpha value is -0.840. The molecule has 0 radical (unpaired) electrons. The highest BCUT2D eigenvalue weighted by molar-refractivity contribution is 7.79. The van der Waals surface area contributed by atoms with Crippen LogP contribution in [0.4, 0.5) is 0 Å². The van der Waals surface area contributed by atoms with E-state index in [2.05, 4.69) is 4.72 Å². The molecule has 1 heterocycles. The lowest BCUT2D eigenvalue weighted by Gasteiger charge is -2.12. The van der Waals surface area contributed by atoms with Crippen LogP contribution in [0.2, 0.25) is 0 Å². The van der Waals surface area contributed by atoms with Crippen molar-refractivity contribution in [1.29, 1.82) is 0 Å². The molecule has 0 aliphatic carbocycles. The molecule has 12 heavy (non-hydrogen) atoms. The molecule has 0 bridgehead atoms. The highest BCUT2D eigenvalue weighted by Gasteiger charge is 2.15. The summed E-state index contributed by atoms with van der Waals surface area (Å²) < 4.78 is 17.7. The van der Waals surface area contributed by atoms with Gasteiger partial charge in [0.2, 0.25) is 0 Å². The molecule has 0 spiro atoms. The number of nitrogens with one attached hydrogen (secondary N) is 1. The fourth-order valence-electron chi connectivity index (χ4n) is 0.865. The Kier molecular flexibility index (Phi) is 3.28. The van der Waals surface area contributed by atoms with E-state index in [1.54, 1.807) is 0 Å². The molecule has 0 saturated carbocycles. The lowest BCUT2D eigenvalue weighted by molar-refractivity contribution is -0.115. The van der Waals surface area contributed by atoms with Gasteiger partial charge in [-0.1, -0.05) is 13.3 Å². The molecule has 1 rings (SSSR count). The van der Waals surface area contributed by atoms with Gasteiger partial charge in [-0.15, -0.1) is 0 Å². The lowest BCUT2D eigenvalue weighted by Crippen LogP contribution is -2.29. The van der Waals surface area contributed by atoms with Gasteiger partial charge in [0, 0.05) is 12.5 Å². The molecule has 1 aliphatic rings. The molecule has 0 saturated heterocycles. The molecule has 0 fully saturated rings. The van der Waals surface area contributed by atoms with Gasteiger partial charge in [0.1, 0.15) is 5.76 Å². The van der Waals surface area contributed by atoms with E-state index in [1.807, 2.05) is 6.92 Å². The van der Waals surface area contributed by atoms with Crippen molar-refractivity contribution >= 4 is 17.2 Å². The van der Waals surface area contributed by atoms with Gasteiger partial charge in [-0.2, -0.15) is 4.21 Å². The largest absolute Gasteiger partial charge is 0.389 e. The van der Waals surface area contributed by atoms with E-state index in [-0.39, 0.29) is 5.91 Å². The summed E-state index contributed by atoms with van der Waals surface area (Å²) in [6, 6.07) is 0. The molecule has 1 aliphatic heterocycles. The zero-order valence-electron chi connectivity index (χ0n) is 6.83. The molecule has 1 amide bonds. The van der Waals surface area contributed by atoms with Gasteiger partial charge in [0.05, 0.1) is 0 Å². The lowest BCUT2D eigenvalue weighted by atomic mass is 10.2. The monoisotopic (exact) mass is 189 g/mol. The maximum atomic E-state index is 10.8. The molecule has 68 valence electrons. The van der Waals surface area contributed by atoms with E-state index in [4.69, 9.17) is 4.18 Å². The summed E-state index contributed by atoms with van der Waals surface area (Å²) >= 11 is -1.67. The highest BCUT2D eigenvalue weighted by Crippen LogP contribution is 2.12. The van der Waals surface area contributed by atoms with Crippen molar-refractivity contribution in [2.75, 3.05) is 0 Å². The second-order valence-electron chi connectivity index (χ2n) is 2.50. The number of hydrogen-bond acceptors (Lipinski definition) is 3. The van der Waals surface area contributed by atoms with Crippen molar-refractivity contribution in [3.63, 3.8) is 0 Å². The van der Waals surface area contributed by atoms with Gasteiger partial charge in [-0.25, -0.2) is 4.72 Å². The molecule has 0 aromatic carbocycles. The number of rotatable bonds is 3. The van der Waals surface area contributed by atoms with Crippen molar-refractivity contribution in [3.05, 3.63) is 11.8 Å². The zero-order chi connectivity index (χ0) is 8.97. The molecule has 4 nitrogen and oxygen atoms in total. The normalized spacial score (nSPS) is 22.6. The summed E-state index contributed by atoms with van der Waals surface area (Å²) in [5, 5.41) is 0. The van der Waals surface area contributed by atoms with E-state index in [0.717, 1.165) is 12.8 Å². The van der Waals surface area contributed by atoms with Crippen LogP contribution < -0.4 is 4.72 Å². The van der Waals surface area contributed by atoms with Crippen molar-refractivity contribution in [3.8, 4) is 0 Å². The van der Waals surface area contributed by atoms with Crippen LogP contribution >= 0.6 is 0 Å². The van der Waals surface area contributed by atoms with Crippen LogP contribution in [0.1, 0.15) is 26.2 Å². The standard InChI is InChI=1S/C7H11NO3S/c1-2-3-4-6-5-7(9)8-12(10)11-6/h5H,2-4H2,1H3,(H,8,9). The maximum Gasteiger partial charge on any atom is 0.318 e. The molecular formula is C7H11NO3S. The minimum absolute atomic E-state index is 0.342. The van der Waals surface area contributed by atoms with Crippen LogP contribution in [0.3, 0.4) is 0 Å². The summed E-state index contributed by atoms with van der Waals surface area (Å²) in [6.45, 7) is 2.04. The molecule has 1 atom stereocenters. The molecule has 1 unspecified atom stereocenters. The number of carbonyl (C=O) groups excluding carboxylic acids is 1. The summed E-state index contributed by atoms with van der Waals surface area (Å²) in [6.07, 6.45) is 3.98. The second-order valence-corrected chi connectivity index (χ2v) is 3.34. The summed E-state index contributed by atoms with van der Waals surface area (Å²) in [5.41, 5.74) is 0.